The second-order valence-corrected chi connectivity index (χ2v) is 6.48. The summed E-state index contributed by atoms with van der Waals surface area (Å²) in [6.07, 6.45) is 4.69. The van der Waals surface area contributed by atoms with Crippen LogP contribution in [0.4, 0.5) is 10.8 Å². The molecule has 0 radical (unpaired) electrons. The van der Waals surface area contributed by atoms with E-state index in [0.29, 0.717) is 31.0 Å². The molecule has 1 aromatic rings. The van der Waals surface area contributed by atoms with Gasteiger partial charge in [-0.05, 0) is 12.8 Å². The molecule has 0 atom stereocenters. The summed E-state index contributed by atoms with van der Waals surface area (Å²) in [4.78, 5) is 16.2. The van der Waals surface area contributed by atoms with Crippen molar-refractivity contribution in [3.8, 4) is 0 Å². The van der Waals surface area contributed by atoms with Gasteiger partial charge in [-0.3, -0.25) is 0 Å². The summed E-state index contributed by atoms with van der Waals surface area (Å²) >= 11 is 0. The lowest BCUT2D eigenvalue weighted by molar-refractivity contribution is 0.189. The van der Waals surface area contributed by atoms with Crippen LogP contribution in [0.5, 0.6) is 0 Å². The molecule has 1 aliphatic heterocycles. The second kappa shape index (κ2) is 6.54. The molecule has 1 saturated heterocycles. The van der Waals surface area contributed by atoms with Gasteiger partial charge in [-0.1, -0.05) is 31.8 Å². The fourth-order valence-corrected chi connectivity index (χ4v) is 3.02. The number of aromatic nitrogens is 2. The highest BCUT2D eigenvalue weighted by atomic mass is 16.4. The minimum absolute atomic E-state index is 0.0694. The number of carbonyl (C=O) groups excluding carboxylic acids is 1. The van der Waals surface area contributed by atoms with Gasteiger partial charge in [-0.2, -0.15) is 0 Å². The summed E-state index contributed by atoms with van der Waals surface area (Å²) in [5.74, 6) is 0.899. The maximum atomic E-state index is 12.2. The van der Waals surface area contributed by atoms with Gasteiger partial charge in [0.25, 0.3) is 0 Å². The average molecular weight is 307 g/mol. The maximum Gasteiger partial charge on any atom is 0.318 e. The highest BCUT2D eigenvalue weighted by molar-refractivity contribution is 5.74. The number of carbonyl (C=O) groups is 1. The molecular formula is C15H25N5O2. The van der Waals surface area contributed by atoms with Crippen LogP contribution in [-0.2, 0) is 0 Å². The Morgan fingerprint density at radius 1 is 1.18 bits per heavy atom. The van der Waals surface area contributed by atoms with E-state index in [1.54, 1.807) is 0 Å². The molecule has 2 amide bonds. The summed E-state index contributed by atoms with van der Waals surface area (Å²) in [6, 6.07) is 1.01. The van der Waals surface area contributed by atoms with Crippen molar-refractivity contribution in [3.05, 3.63) is 5.89 Å². The minimum Gasteiger partial charge on any atom is -0.408 e. The first-order chi connectivity index (χ1) is 10.6. The maximum absolute atomic E-state index is 12.2. The zero-order valence-electron chi connectivity index (χ0n) is 13.4. The number of piperazine rings is 1. The van der Waals surface area contributed by atoms with Crippen LogP contribution in [0.3, 0.4) is 0 Å². The van der Waals surface area contributed by atoms with Gasteiger partial charge >= 0.3 is 12.0 Å². The molecule has 7 nitrogen and oxygen atoms in total. The third-order valence-electron chi connectivity index (χ3n) is 4.44. The van der Waals surface area contributed by atoms with Gasteiger partial charge in [0, 0.05) is 38.1 Å². The predicted molar refractivity (Wildman–Crippen MR) is 83.0 cm³/mol. The SMILES string of the molecule is CC(C)c1nnc(N2CCN(C(=O)NC3CCCC3)CC2)o1. The second-order valence-electron chi connectivity index (χ2n) is 6.48. The van der Waals surface area contributed by atoms with E-state index >= 15 is 0 Å². The largest absolute Gasteiger partial charge is 0.408 e. The molecule has 0 aromatic carbocycles. The molecule has 122 valence electrons. The van der Waals surface area contributed by atoms with Gasteiger partial charge in [0.15, 0.2) is 0 Å². The van der Waals surface area contributed by atoms with Gasteiger partial charge in [-0.15, -0.1) is 5.10 Å². The van der Waals surface area contributed by atoms with E-state index in [-0.39, 0.29) is 11.9 Å². The molecule has 2 fully saturated rings. The van der Waals surface area contributed by atoms with Crippen LogP contribution in [0.15, 0.2) is 4.42 Å². The van der Waals surface area contributed by atoms with Crippen LogP contribution in [0.25, 0.3) is 0 Å². The molecule has 1 N–H and O–H groups in total. The molecule has 22 heavy (non-hydrogen) atoms. The first-order valence-corrected chi connectivity index (χ1v) is 8.27. The van der Waals surface area contributed by atoms with Gasteiger partial charge in [-0.25, -0.2) is 4.79 Å². The third kappa shape index (κ3) is 3.34. The third-order valence-corrected chi connectivity index (χ3v) is 4.44. The molecule has 0 bridgehead atoms. The fraction of sp³-hybridized carbons (Fsp3) is 0.800. The quantitative estimate of drug-likeness (QED) is 0.924. The predicted octanol–water partition coefficient (Wildman–Crippen LogP) is 1.97. The summed E-state index contributed by atoms with van der Waals surface area (Å²) in [5, 5.41) is 11.3. The lowest BCUT2D eigenvalue weighted by Gasteiger charge is -2.34. The minimum atomic E-state index is 0.0694. The molecule has 1 aliphatic carbocycles. The average Bonchev–Trinajstić information content (AvgIpc) is 3.18. The van der Waals surface area contributed by atoms with E-state index in [4.69, 9.17) is 4.42 Å². The molecule has 0 spiro atoms. The number of nitrogens with zero attached hydrogens (tertiary/aromatic N) is 4. The fourth-order valence-electron chi connectivity index (χ4n) is 3.02. The van der Waals surface area contributed by atoms with Crippen molar-refractivity contribution in [3.63, 3.8) is 0 Å². The van der Waals surface area contributed by atoms with Crippen LogP contribution in [0, 0.1) is 0 Å². The molecule has 2 aliphatic rings. The Kier molecular flexibility index (Phi) is 4.49. The van der Waals surface area contributed by atoms with Crippen LogP contribution in [0.1, 0.15) is 51.3 Å². The monoisotopic (exact) mass is 307 g/mol. The summed E-state index contributed by atoms with van der Waals surface area (Å²) in [5.41, 5.74) is 0. The van der Waals surface area contributed by atoms with E-state index in [9.17, 15) is 4.79 Å². The standard InChI is InChI=1S/C15H25N5O2/c1-11(2)13-17-18-15(22-13)20-9-7-19(8-10-20)14(21)16-12-5-3-4-6-12/h11-12H,3-10H2,1-2H3,(H,16,21). The number of urea groups is 1. The van der Waals surface area contributed by atoms with Crippen molar-refractivity contribution < 1.29 is 9.21 Å². The smallest absolute Gasteiger partial charge is 0.318 e. The normalized spacial score (nSPS) is 20.0. The molecule has 7 heteroatoms. The van der Waals surface area contributed by atoms with Crippen molar-refractivity contribution in [2.75, 3.05) is 31.1 Å². The first-order valence-electron chi connectivity index (χ1n) is 8.27. The summed E-state index contributed by atoms with van der Waals surface area (Å²) < 4.78 is 5.67. The van der Waals surface area contributed by atoms with Crippen molar-refractivity contribution in [2.24, 2.45) is 0 Å². The van der Waals surface area contributed by atoms with E-state index in [1.165, 1.54) is 12.8 Å². The Labute approximate surface area is 131 Å². The van der Waals surface area contributed by atoms with Gasteiger partial charge < -0.3 is 19.5 Å². The van der Waals surface area contributed by atoms with Crippen molar-refractivity contribution in [1.29, 1.82) is 0 Å². The number of rotatable bonds is 3. The number of hydrogen-bond donors (Lipinski definition) is 1. The Hall–Kier alpha value is -1.79. The summed E-state index contributed by atoms with van der Waals surface area (Å²) in [7, 11) is 0. The molecule has 1 aromatic heterocycles. The van der Waals surface area contributed by atoms with Crippen LogP contribution in [0.2, 0.25) is 0 Å². The number of amides is 2. The van der Waals surface area contributed by atoms with Crippen LogP contribution < -0.4 is 10.2 Å². The first kappa shape index (κ1) is 15.1. The van der Waals surface area contributed by atoms with E-state index < -0.39 is 0 Å². The van der Waals surface area contributed by atoms with Crippen LogP contribution >= 0.6 is 0 Å². The van der Waals surface area contributed by atoms with Gasteiger partial charge in [0.1, 0.15) is 0 Å². The molecule has 2 heterocycles. The lowest BCUT2D eigenvalue weighted by Crippen LogP contribution is -2.53. The van der Waals surface area contributed by atoms with Gasteiger partial charge in [0.2, 0.25) is 5.89 Å². The zero-order chi connectivity index (χ0) is 15.5. The van der Waals surface area contributed by atoms with Gasteiger partial charge in [0.05, 0.1) is 0 Å². The van der Waals surface area contributed by atoms with Crippen molar-refractivity contribution in [1.82, 2.24) is 20.4 Å². The Bertz CT molecular complexity index is 502. The van der Waals surface area contributed by atoms with E-state index in [1.807, 2.05) is 18.7 Å². The lowest BCUT2D eigenvalue weighted by atomic mass is 10.2. The summed E-state index contributed by atoms with van der Waals surface area (Å²) in [6.45, 7) is 6.91. The van der Waals surface area contributed by atoms with E-state index in [0.717, 1.165) is 25.9 Å². The Morgan fingerprint density at radius 2 is 1.86 bits per heavy atom. The number of nitrogens with one attached hydrogen (secondary N) is 1. The Balaban J connectivity index is 1.49. The number of anilines is 1. The topological polar surface area (TPSA) is 74.5 Å². The Morgan fingerprint density at radius 3 is 2.45 bits per heavy atom. The van der Waals surface area contributed by atoms with E-state index in [2.05, 4.69) is 20.4 Å². The highest BCUT2D eigenvalue weighted by Crippen LogP contribution is 2.20. The van der Waals surface area contributed by atoms with Crippen molar-refractivity contribution >= 4 is 12.0 Å². The molecule has 3 rings (SSSR count). The zero-order valence-corrected chi connectivity index (χ0v) is 13.4. The molecule has 1 saturated carbocycles. The van der Waals surface area contributed by atoms with Crippen molar-refractivity contribution in [2.45, 2.75) is 51.5 Å². The number of hydrogen-bond acceptors (Lipinski definition) is 5. The molecule has 0 unspecified atom stereocenters. The van der Waals surface area contributed by atoms with Crippen LogP contribution in [-0.4, -0.2) is 53.3 Å². The molecular weight excluding hydrogens is 282 g/mol. The highest BCUT2D eigenvalue weighted by Gasteiger charge is 2.26.